The van der Waals surface area contributed by atoms with Gasteiger partial charge in [0.25, 0.3) is 0 Å². The van der Waals surface area contributed by atoms with Gasteiger partial charge in [0.15, 0.2) is 0 Å². The van der Waals surface area contributed by atoms with Crippen LogP contribution in [0.3, 0.4) is 0 Å². The summed E-state index contributed by atoms with van der Waals surface area (Å²) in [5.41, 5.74) is 2.75. The predicted molar refractivity (Wildman–Crippen MR) is 133 cm³/mol. The second-order valence-electron chi connectivity index (χ2n) is 9.32. The number of hydrogen-bond acceptors (Lipinski definition) is 5. The molecule has 4 rings (SSSR count). The van der Waals surface area contributed by atoms with Crippen LogP contribution in [-0.4, -0.2) is 49.5 Å². The summed E-state index contributed by atoms with van der Waals surface area (Å²) in [6.45, 7) is 3.72. The quantitative estimate of drug-likeness (QED) is 0.510. The zero-order valence-electron chi connectivity index (χ0n) is 20.6. The van der Waals surface area contributed by atoms with Crippen molar-refractivity contribution in [2.24, 2.45) is 11.8 Å². The van der Waals surface area contributed by atoms with E-state index in [1.54, 1.807) is 18.9 Å². The van der Waals surface area contributed by atoms with Crippen molar-refractivity contribution in [3.05, 3.63) is 59.7 Å². The molecule has 0 unspecified atom stereocenters. The molecule has 0 radical (unpaired) electrons. The first kappa shape index (κ1) is 24.8. The van der Waals surface area contributed by atoms with Gasteiger partial charge >= 0.3 is 5.97 Å². The fourth-order valence-electron chi connectivity index (χ4n) is 4.50. The number of esters is 1. The van der Waals surface area contributed by atoms with E-state index >= 15 is 0 Å². The van der Waals surface area contributed by atoms with Crippen molar-refractivity contribution in [3.63, 3.8) is 0 Å². The number of carbonyl (C=O) groups is 3. The summed E-state index contributed by atoms with van der Waals surface area (Å²) in [7, 11) is 1.63. The van der Waals surface area contributed by atoms with Gasteiger partial charge in [-0.05, 0) is 68.0 Å². The van der Waals surface area contributed by atoms with Gasteiger partial charge < -0.3 is 19.3 Å². The lowest BCUT2D eigenvalue weighted by Gasteiger charge is -2.31. The number of methoxy groups -OCH3 is 1. The minimum atomic E-state index is -0.241. The van der Waals surface area contributed by atoms with Gasteiger partial charge in [-0.25, -0.2) is 0 Å². The van der Waals surface area contributed by atoms with Gasteiger partial charge in [-0.3, -0.25) is 14.4 Å². The van der Waals surface area contributed by atoms with Crippen LogP contribution in [0.25, 0.3) is 0 Å². The van der Waals surface area contributed by atoms with Crippen LogP contribution in [0.15, 0.2) is 48.5 Å². The van der Waals surface area contributed by atoms with Crippen molar-refractivity contribution in [3.8, 4) is 5.75 Å². The highest BCUT2D eigenvalue weighted by molar-refractivity contribution is 5.96. The molecule has 2 amide bonds. The van der Waals surface area contributed by atoms with E-state index in [-0.39, 0.29) is 36.0 Å². The summed E-state index contributed by atoms with van der Waals surface area (Å²) in [5.74, 6) is 0.576. The highest BCUT2D eigenvalue weighted by atomic mass is 16.5. The third-order valence-corrected chi connectivity index (χ3v) is 6.69. The molecule has 0 bridgehead atoms. The Kier molecular flexibility index (Phi) is 8.06. The van der Waals surface area contributed by atoms with Gasteiger partial charge in [0.2, 0.25) is 11.8 Å². The number of benzene rings is 2. The normalized spacial score (nSPS) is 17.5. The Balaban J connectivity index is 1.41. The van der Waals surface area contributed by atoms with E-state index in [9.17, 15) is 14.4 Å². The molecule has 1 atom stereocenters. The summed E-state index contributed by atoms with van der Waals surface area (Å²) < 4.78 is 10.4. The van der Waals surface area contributed by atoms with Crippen LogP contribution in [0.2, 0.25) is 0 Å². The number of nitrogens with zero attached hydrogens (tertiary/aromatic N) is 2. The van der Waals surface area contributed by atoms with E-state index in [0.29, 0.717) is 26.2 Å². The smallest absolute Gasteiger partial charge is 0.310 e. The Hall–Kier alpha value is -3.35. The Morgan fingerprint density at radius 2 is 1.63 bits per heavy atom. The highest BCUT2D eigenvalue weighted by Crippen LogP contribution is 2.34. The van der Waals surface area contributed by atoms with E-state index in [4.69, 9.17) is 9.47 Å². The lowest BCUT2D eigenvalue weighted by atomic mass is 9.97. The second-order valence-corrected chi connectivity index (χ2v) is 9.32. The monoisotopic (exact) mass is 478 g/mol. The summed E-state index contributed by atoms with van der Waals surface area (Å²) >= 11 is 0. The molecule has 2 fully saturated rings. The third-order valence-electron chi connectivity index (χ3n) is 6.69. The van der Waals surface area contributed by atoms with Crippen molar-refractivity contribution in [2.75, 3.05) is 31.7 Å². The third kappa shape index (κ3) is 6.41. The van der Waals surface area contributed by atoms with Crippen molar-refractivity contribution >= 4 is 23.5 Å². The molecule has 7 nitrogen and oxygen atoms in total. The molecule has 1 saturated heterocycles. The average Bonchev–Trinajstić information content (AvgIpc) is 3.74. The van der Waals surface area contributed by atoms with Crippen molar-refractivity contribution in [2.45, 2.75) is 45.6 Å². The molecular formula is C28H34N2O5. The fourth-order valence-corrected chi connectivity index (χ4v) is 4.50. The first-order valence-corrected chi connectivity index (χ1v) is 12.5. The number of hydrogen-bond donors (Lipinski definition) is 0. The lowest BCUT2D eigenvalue weighted by molar-refractivity contribution is -0.151. The largest absolute Gasteiger partial charge is 0.497 e. The number of carbonyl (C=O) groups excluding carboxylic acids is 3. The van der Waals surface area contributed by atoms with Crippen LogP contribution in [0.5, 0.6) is 5.75 Å². The maximum Gasteiger partial charge on any atom is 0.310 e. The molecule has 0 aromatic heterocycles. The van der Waals surface area contributed by atoms with E-state index in [1.807, 2.05) is 53.4 Å². The zero-order chi connectivity index (χ0) is 24.8. The Morgan fingerprint density at radius 1 is 0.943 bits per heavy atom. The lowest BCUT2D eigenvalue weighted by Crippen LogP contribution is -2.43. The SMILES string of the molecule is CCOC(=O)[C@H]1CCCN(C(=O)Cc2ccc(N(Cc3ccc(OC)cc3)C(=O)C3CC3)cc2)C1. The van der Waals surface area contributed by atoms with Gasteiger partial charge in [0.1, 0.15) is 5.75 Å². The van der Waals surface area contributed by atoms with Crippen molar-refractivity contribution in [1.29, 1.82) is 0 Å². The van der Waals surface area contributed by atoms with Crippen LogP contribution in [0, 0.1) is 11.8 Å². The minimum absolute atomic E-state index is 0.0101. The number of piperidine rings is 1. The number of rotatable bonds is 9. The van der Waals surface area contributed by atoms with Crippen LogP contribution in [0.1, 0.15) is 43.7 Å². The molecule has 35 heavy (non-hydrogen) atoms. The van der Waals surface area contributed by atoms with Crippen molar-refractivity contribution < 1.29 is 23.9 Å². The predicted octanol–water partition coefficient (Wildman–Crippen LogP) is 3.98. The molecule has 1 saturated carbocycles. The van der Waals surface area contributed by atoms with Gasteiger partial charge in [0, 0.05) is 24.7 Å². The Morgan fingerprint density at radius 3 is 2.26 bits per heavy atom. The average molecular weight is 479 g/mol. The summed E-state index contributed by atoms with van der Waals surface area (Å²) in [5, 5.41) is 0. The first-order valence-electron chi connectivity index (χ1n) is 12.5. The fraction of sp³-hybridized carbons (Fsp3) is 0.464. The summed E-state index contributed by atoms with van der Waals surface area (Å²) in [6, 6.07) is 15.4. The minimum Gasteiger partial charge on any atom is -0.497 e. The second kappa shape index (κ2) is 11.4. The number of amides is 2. The molecule has 2 aromatic rings. The molecule has 7 heteroatoms. The summed E-state index contributed by atoms with van der Waals surface area (Å²) in [4.78, 5) is 41.6. The standard InChI is InChI=1S/C28H34N2O5/c1-3-35-28(33)23-5-4-16-29(19-23)26(31)17-20-6-12-24(13-7-20)30(27(32)22-10-11-22)18-21-8-14-25(34-2)15-9-21/h6-9,12-15,22-23H,3-5,10-11,16-19H2,1-2H3/t23-/m0/s1. The molecule has 1 aliphatic heterocycles. The number of ether oxygens (including phenoxy) is 2. The molecule has 2 aliphatic rings. The van der Waals surface area contributed by atoms with E-state index in [2.05, 4.69) is 0 Å². The molecule has 186 valence electrons. The van der Waals surface area contributed by atoms with E-state index < -0.39 is 0 Å². The van der Waals surface area contributed by atoms with E-state index in [1.165, 1.54) is 0 Å². The molecule has 0 N–H and O–H groups in total. The number of anilines is 1. The summed E-state index contributed by atoms with van der Waals surface area (Å²) in [6.07, 6.45) is 3.71. The Bertz CT molecular complexity index is 1030. The molecule has 0 spiro atoms. The van der Waals surface area contributed by atoms with Crippen molar-refractivity contribution in [1.82, 2.24) is 4.90 Å². The molecule has 1 heterocycles. The first-order chi connectivity index (χ1) is 17.0. The molecular weight excluding hydrogens is 444 g/mol. The topological polar surface area (TPSA) is 76.2 Å². The maximum atomic E-state index is 13.0. The zero-order valence-corrected chi connectivity index (χ0v) is 20.6. The maximum absolute atomic E-state index is 13.0. The van der Waals surface area contributed by atoms with Crippen LogP contribution in [0.4, 0.5) is 5.69 Å². The van der Waals surface area contributed by atoms with Crippen LogP contribution >= 0.6 is 0 Å². The highest BCUT2D eigenvalue weighted by Gasteiger charge is 2.34. The van der Waals surface area contributed by atoms with Gasteiger partial charge in [-0.15, -0.1) is 0 Å². The van der Waals surface area contributed by atoms with E-state index in [0.717, 1.165) is 48.2 Å². The van der Waals surface area contributed by atoms with Gasteiger partial charge in [-0.1, -0.05) is 24.3 Å². The van der Waals surface area contributed by atoms with Crippen LogP contribution in [-0.2, 0) is 32.1 Å². The van der Waals surface area contributed by atoms with Gasteiger partial charge in [-0.2, -0.15) is 0 Å². The molecule has 2 aromatic carbocycles. The molecule has 1 aliphatic carbocycles. The van der Waals surface area contributed by atoms with Crippen LogP contribution < -0.4 is 9.64 Å². The Labute approximate surface area is 207 Å². The number of likely N-dealkylation sites (tertiary alicyclic amines) is 1. The van der Waals surface area contributed by atoms with Gasteiger partial charge in [0.05, 0.1) is 32.6 Å².